The van der Waals surface area contributed by atoms with Gasteiger partial charge in [-0.2, -0.15) is 0 Å². The molecular weight excluding hydrogens is 452 g/mol. The van der Waals surface area contributed by atoms with Crippen LogP contribution in [0, 0.1) is 0 Å². The van der Waals surface area contributed by atoms with Crippen LogP contribution in [0.25, 0.3) is 0 Å². The Kier molecular flexibility index (Phi) is 5.93. The van der Waals surface area contributed by atoms with Crippen LogP contribution in [0.5, 0.6) is 0 Å². The number of hydrogen-bond acceptors (Lipinski definition) is 4. The summed E-state index contributed by atoms with van der Waals surface area (Å²) in [6, 6.07) is 12.8. The molecule has 0 radical (unpaired) electrons. The van der Waals surface area contributed by atoms with Crippen molar-refractivity contribution in [2.45, 2.75) is 12.5 Å². The van der Waals surface area contributed by atoms with Gasteiger partial charge in [0.2, 0.25) is 5.91 Å². The Labute approximate surface area is 182 Å². The number of urea groups is 1. The van der Waals surface area contributed by atoms with Crippen LogP contribution in [0.4, 0.5) is 10.5 Å². The third-order valence-electron chi connectivity index (χ3n) is 4.80. The summed E-state index contributed by atoms with van der Waals surface area (Å²) in [5, 5.41) is 5.30. The van der Waals surface area contributed by atoms with Crippen molar-refractivity contribution in [2.75, 3.05) is 26.0 Å². The molecule has 0 spiro atoms. The van der Waals surface area contributed by atoms with Gasteiger partial charge < -0.3 is 15.5 Å². The van der Waals surface area contributed by atoms with Gasteiger partial charge in [0, 0.05) is 29.8 Å². The molecule has 0 saturated carbocycles. The molecule has 8 nitrogen and oxygen atoms in total. The van der Waals surface area contributed by atoms with E-state index < -0.39 is 29.9 Å². The Hall–Kier alpha value is -3.20. The van der Waals surface area contributed by atoms with Crippen LogP contribution in [0.2, 0.25) is 0 Å². The molecule has 5 amide bonds. The largest absolute Gasteiger partial charge is 0.345 e. The van der Waals surface area contributed by atoms with E-state index in [1.54, 1.807) is 63.5 Å². The monoisotopic (exact) mass is 472 g/mol. The number of anilines is 1. The zero-order chi connectivity index (χ0) is 22.1. The number of imide groups is 1. The van der Waals surface area contributed by atoms with E-state index in [1.165, 1.54) is 4.90 Å². The molecule has 30 heavy (non-hydrogen) atoms. The molecular formula is C21H21BrN4O4. The average Bonchev–Trinajstić information content (AvgIpc) is 2.92. The lowest BCUT2D eigenvalue weighted by Crippen LogP contribution is -2.42. The van der Waals surface area contributed by atoms with Gasteiger partial charge in [0.05, 0.1) is 0 Å². The molecule has 1 aliphatic heterocycles. The Bertz CT molecular complexity index is 1020. The first kappa shape index (κ1) is 21.5. The van der Waals surface area contributed by atoms with Crippen molar-refractivity contribution in [3.8, 4) is 0 Å². The molecule has 0 aliphatic carbocycles. The lowest BCUT2D eigenvalue weighted by Gasteiger charge is -2.22. The third-order valence-corrected chi connectivity index (χ3v) is 5.29. The lowest BCUT2D eigenvalue weighted by molar-refractivity contribution is -0.133. The first-order valence-corrected chi connectivity index (χ1v) is 9.93. The van der Waals surface area contributed by atoms with Gasteiger partial charge in [0.1, 0.15) is 12.1 Å². The SMILES string of the molecule is CN(C)C(=O)c1ccc(NC(=O)CN2C(=O)NC(C)(c3cccc(Br)c3)C2=O)cc1. The summed E-state index contributed by atoms with van der Waals surface area (Å²) in [5.41, 5.74) is 0.295. The normalized spacial score (nSPS) is 18.2. The Balaban J connectivity index is 1.69. The topological polar surface area (TPSA) is 98.8 Å². The quantitative estimate of drug-likeness (QED) is 0.653. The van der Waals surface area contributed by atoms with E-state index in [-0.39, 0.29) is 5.91 Å². The highest BCUT2D eigenvalue weighted by Crippen LogP contribution is 2.30. The van der Waals surface area contributed by atoms with Crippen LogP contribution < -0.4 is 10.6 Å². The second kappa shape index (κ2) is 8.27. The van der Waals surface area contributed by atoms with Crippen molar-refractivity contribution in [3.05, 3.63) is 64.1 Å². The molecule has 1 unspecified atom stereocenters. The summed E-state index contributed by atoms with van der Waals surface area (Å²) in [6.45, 7) is 1.18. The molecule has 2 aromatic rings. The fourth-order valence-electron chi connectivity index (χ4n) is 3.13. The summed E-state index contributed by atoms with van der Waals surface area (Å²) in [4.78, 5) is 52.0. The molecule has 0 bridgehead atoms. The molecule has 3 rings (SSSR count). The minimum Gasteiger partial charge on any atom is -0.345 e. The van der Waals surface area contributed by atoms with Crippen molar-refractivity contribution in [1.82, 2.24) is 15.1 Å². The Morgan fingerprint density at radius 3 is 2.40 bits per heavy atom. The number of rotatable bonds is 5. The summed E-state index contributed by atoms with van der Waals surface area (Å²) < 4.78 is 0.774. The summed E-state index contributed by atoms with van der Waals surface area (Å²) in [7, 11) is 3.30. The number of carbonyl (C=O) groups is 4. The van der Waals surface area contributed by atoms with Crippen molar-refractivity contribution in [1.29, 1.82) is 0 Å². The van der Waals surface area contributed by atoms with Gasteiger partial charge in [-0.1, -0.05) is 28.1 Å². The summed E-state index contributed by atoms with van der Waals surface area (Å²) >= 11 is 3.36. The summed E-state index contributed by atoms with van der Waals surface area (Å²) in [6.07, 6.45) is 0. The zero-order valence-electron chi connectivity index (χ0n) is 16.7. The van der Waals surface area contributed by atoms with Crippen LogP contribution in [-0.4, -0.2) is 54.2 Å². The van der Waals surface area contributed by atoms with Crippen molar-refractivity contribution in [2.24, 2.45) is 0 Å². The zero-order valence-corrected chi connectivity index (χ0v) is 18.3. The predicted octanol–water partition coefficient (Wildman–Crippen LogP) is 2.56. The fourth-order valence-corrected chi connectivity index (χ4v) is 3.53. The number of nitrogens with zero attached hydrogens (tertiary/aromatic N) is 2. The number of hydrogen-bond donors (Lipinski definition) is 2. The molecule has 2 N–H and O–H groups in total. The molecule has 1 aliphatic rings. The number of nitrogens with one attached hydrogen (secondary N) is 2. The van der Waals surface area contributed by atoms with Gasteiger partial charge in [-0.05, 0) is 48.9 Å². The lowest BCUT2D eigenvalue weighted by atomic mass is 9.92. The van der Waals surface area contributed by atoms with Crippen LogP contribution in [0.3, 0.4) is 0 Å². The molecule has 1 saturated heterocycles. The molecule has 2 aromatic carbocycles. The van der Waals surface area contributed by atoms with Gasteiger partial charge in [0.15, 0.2) is 0 Å². The molecule has 156 valence electrons. The third kappa shape index (κ3) is 4.20. The van der Waals surface area contributed by atoms with Gasteiger partial charge in [-0.3, -0.25) is 19.3 Å². The predicted molar refractivity (Wildman–Crippen MR) is 115 cm³/mol. The second-order valence-electron chi connectivity index (χ2n) is 7.28. The van der Waals surface area contributed by atoms with E-state index in [0.29, 0.717) is 16.8 Å². The number of carbonyl (C=O) groups excluding carboxylic acids is 4. The first-order chi connectivity index (χ1) is 14.1. The Morgan fingerprint density at radius 1 is 1.13 bits per heavy atom. The smallest absolute Gasteiger partial charge is 0.325 e. The van der Waals surface area contributed by atoms with Crippen LogP contribution in [-0.2, 0) is 15.1 Å². The highest BCUT2D eigenvalue weighted by molar-refractivity contribution is 9.10. The molecule has 1 fully saturated rings. The average molecular weight is 473 g/mol. The maximum absolute atomic E-state index is 12.9. The second-order valence-corrected chi connectivity index (χ2v) is 8.20. The minimum atomic E-state index is -1.25. The summed E-state index contributed by atoms with van der Waals surface area (Å²) in [5.74, 6) is -1.18. The molecule has 1 heterocycles. The van der Waals surface area contributed by atoms with E-state index in [2.05, 4.69) is 26.6 Å². The Morgan fingerprint density at radius 2 is 1.80 bits per heavy atom. The first-order valence-electron chi connectivity index (χ1n) is 9.13. The standard InChI is InChI=1S/C21H21BrN4O4/c1-21(14-5-4-6-15(22)11-14)19(29)26(20(30)24-21)12-17(27)23-16-9-7-13(8-10-16)18(28)25(2)3/h4-11H,12H2,1-3H3,(H,23,27)(H,24,30). The number of benzene rings is 2. The van der Waals surface area contributed by atoms with E-state index in [1.807, 2.05) is 6.07 Å². The molecule has 0 aromatic heterocycles. The maximum Gasteiger partial charge on any atom is 0.325 e. The highest BCUT2D eigenvalue weighted by Gasteiger charge is 2.49. The van der Waals surface area contributed by atoms with Crippen molar-refractivity contribution < 1.29 is 19.2 Å². The van der Waals surface area contributed by atoms with Crippen LogP contribution in [0.15, 0.2) is 53.0 Å². The van der Waals surface area contributed by atoms with Crippen LogP contribution >= 0.6 is 15.9 Å². The van der Waals surface area contributed by atoms with Gasteiger partial charge >= 0.3 is 6.03 Å². The fraction of sp³-hybridized carbons (Fsp3) is 0.238. The minimum absolute atomic E-state index is 0.154. The van der Waals surface area contributed by atoms with Gasteiger partial charge in [-0.15, -0.1) is 0 Å². The van der Waals surface area contributed by atoms with Gasteiger partial charge in [0.25, 0.3) is 11.8 Å². The highest BCUT2D eigenvalue weighted by atomic mass is 79.9. The van der Waals surface area contributed by atoms with Crippen molar-refractivity contribution >= 4 is 45.4 Å². The molecule has 1 atom stereocenters. The van der Waals surface area contributed by atoms with E-state index in [4.69, 9.17) is 0 Å². The number of amides is 5. The maximum atomic E-state index is 12.9. The number of halogens is 1. The van der Waals surface area contributed by atoms with Crippen LogP contribution in [0.1, 0.15) is 22.8 Å². The van der Waals surface area contributed by atoms with E-state index in [0.717, 1.165) is 9.37 Å². The van der Waals surface area contributed by atoms with Crippen molar-refractivity contribution in [3.63, 3.8) is 0 Å². The van der Waals surface area contributed by atoms with Gasteiger partial charge in [-0.25, -0.2) is 4.79 Å². The van der Waals surface area contributed by atoms with E-state index >= 15 is 0 Å². The van der Waals surface area contributed by atoms with E-state index in [9.17, 15) is 19.2 Å². The molecule has 9 heteroatoms.